The van der Waals surface area contributed by atoms with Crippen molar-refractivity contribution in [3.63, 3.8) is 0 Å². The molecule has 134 valence electrons. The molecule has 0 fully saturated rings. The molecule has 0 radical (unpaired) electrons. The molecule has 0 saturated heterocycles. The van der Waals surface area contributed by atoms with Gasteiger partial charge < -0.3 is 11.1 Å². The van der Waals surface area contributed by atoms with Crippen LogP contribution in [0.15, 0.2) is 45.3 Å². The minimum atomic E-state index is -0.259. The molecule has 0 unspecified atom stereocenters. The maximum atomic E-state index is 13.0. The Morgan fingerprint density at radius 2 is 1.85 bits per heavy atom. The maximum absolute atomic E-state index is 13.0. The fourth-order valence-electron chi connectivity index (χ4n) is 2.44. The third-order valence-corrected chi connectivity index (χ3v) is 4.77. The molecule has 3 aromatic rings. The van der Waals surface area contributed by atoms with Crippen LogP contribution in [0.4, 0.5) is 10.2 Å². The number of rotatable bonds is 6. The number of hydrogen-bond acceptors (Lipinski definition) is 4. The molecular weight excluding hydrogens is 463 g/mol. The van der Waals surface area contributed by atoms with Crippen LogP contribution in [0.5, 0.6) is 0 Å². The molecule has 3 rings (SSSR count). The molecule has 7 heteroatoms. The quantitative estimate of drug-likeness (QED) is 0.475. The number of anilines is 1. The Morgan fingerprint density at radius 1 is 1.08 bits per heavy atom. The molecule has 26 heavy (non-hydrogen) atoms. The van der Waals surface area contributed by atoms with Crippen molar-refractivity contribution >= 4 is 60.7 Å². The fourth-order valence-corrected chi connectivity index (χ4v) is 3.75. The standard InChI is InChI=1S/C19H17Br2FN4/c20-13-10-15-18(16(21)11-13)25-17(26-19(15)24-9-1-8-23)7-4-12-2-5-14(22)6-3-12/h2-7,10-11H,1,8-9,23H2,(H,24,25,26). The van der Waals surface area contributed by atoms with Crippen molar-refractivity contribution in [2.75, 3.05) is 18.4 Å². The number of hydrogen-bond donors (Lipinski definition) is 2. The summed E-state index contributed by atoms with van der Waals surface area (Å²) in [7, 11) is 0. The second kappa shape index (κ2) is 8.70. The molecule has 0 aliphatic heterocycles. The maximum Gasteiger partial charge on any atom is 0.155 e. The smallest absolute Gasteiger partial charge is 0.155 e. The van der Waals surface area contributed by atoms with Gasteiger partial charge in [0.15, 0.2) is 5.82 Å². The predicted molar refractivity (Wildman–Crippen MR) is 112 cm³/mol. The lowest BCUT2D eigenvalue weighted by atomic mass is 10.2. The van der Waals surface area contributed by atoms with Crippen molar-refractivity contribution in [3.8, 4) is 0 Å². The van der Waals surface area contributed by atoms with E-state index in [2.05, 4.69) is 47.1 Å². The summed E-state index contributed by atoms with van der Waals surface area (Å²) in [6.45, 7) is 1.34. The van der Waals surface area contributed by atoms with Gasteiger partial charge >= 0.3 is 0 Å². The summed E-state index contributed by atoms with van der Waals surface area (Å²) in [6, 6.07) is 10.2. The van der Waals surface area contributed by atoms with E-state index in [1.165, 1.54) is 12.1 Å². The number of aromatic nitrogens is 2. The molecule has 0 aliphatic carbocycles. The average Bonchev–Trinajstić information content (AvgIpc) is 2.62. The summed E-state index contributed by atoms with van der Waals surface area (Å²) >= 11 is 7.08. The van der Waals surface area contributed by atoms with Crippen molar-refractivity contribution in [2.45, 2.75) is 6.42 Å². The van der Waals surface area contributed by atoms with Gasteiger partial charge in [-0.3, -0.25) is 0 Å². The Bertz CT molecular complexity index is 942. The molecule has 1 heterocycles. The number of fused-ring (bicyclic) bond motifs is 1. The number of halogens is 3. The Morgan fingerprint density at radius 3 is 2.58 bits per heavy atom. The summed E-state index contributed by atoms with van der Waals surface area (Å²) in [6.07, 6.45) is 4.52. The first-order valence-corrected chi connectivity index (χ1v) is 9.70. The average molecular weight is 480 g/mol. The van der Waals surface area contributed by atoms with Gasteiger partial charge in [0.25, 0.3) is 0 Å². The van der Waals surface area contributed by atoms with Gasteiger partial charge in [-0.15, -0.1) is 0 Å². The summed E-state index contributed by atoms with van der Waals surface area (Å²) < 4.78 is 14.8. The molecule has 0 atom stereocenters. The van der Waals surface area contributed by atoms with Gasteiger partial charge in [-0.05, 0) is 64.8 Å². The van der Waals surface area contributed by atoms with Crippen molar-refractivity contribution in [1.29, 1.82) is 0 Å². The molecule has 4 nitrogen and oxygen atoms in total. The van der Waals surface area contributed by atoms with Crippen LogP contribution in [-0.2, 0) is 0 Å². The van der Waals surface area contributed by atoms with Crippen molar-refractivity contribution in [1.82, 2.24) is 9.97 Å². The first kappa shape index (κ1) is 18.9. The second-order valence-electron chi connectivity index (χ2n) is 5.67. The first-order chi connectivity index (χ1) is 12.6. The summed E-state index contributed by atoms with van der Waals surface area (Å²) in [5, 5.41) is 4.25. The van der Waals surface area contributed by atoms with Gasteiger partial charge in [-0.2, -0.15) is 0 Å². The number of nitrogens with one attached hydrogen (secondary N) is 1. The van der Waals surface area contributed by atoms with Crippen LogP contribution in [-0.4, -0.2) is 23.1 Å². The zero-order valence-electron chi connectivity index (χ0n) is 13.8. The molecule has 0 amide bonds. The van der Waals surface area contributed by atoms with Gasteiger partial charge in [0.2, 0.25) is 0 Å². The zero-order valence-corrected chi connectivity index (χ0v) is 17.0. The van der Waals surface area contributed by atoms with E-state index < -0.39 is 0 Å². The van der Waals surface area contributed by atoms with E-state index >= 15 is 0 Å². The molecular formula is C19H17Br2FN4. The van der Waals surface area contributed by atoms with Crippen LogP contribution in [0.25, 0.3) is 23.1 Å². The Kier molecular flexibility index (Phi) is 6.34. The van der Waals surface area contributed by atoms with E-state index in [4.69, 9.17) is 5.73 Å². The predicted octanol–water partition coefficient (Wildman–Crippen LogP) is 5.23. The van der Waals surface area contributed by atoms with Crippen molar-refractivity contribution < 1.29 is 4.39 Å². The molecule has 0 saturated carbocycles. The van der Waals surface area contributed by atoms with E-state index in [1.807, 2.05) is 24.3 Å². The highest BCUT2D eigenvalue weighted by Crippen LogP contribution is 2.31. The van der Waals surface area contributed by atoms with Crippen LogP contribution in [0, 0.1) is 5.82 Å². The first-order valence-electron chi connectivity index (χ1n) is 8.11. The highest BCUT2D eigenvalue weighted by atomic mass is 79.9. The van der Waals surface area contributed by atoms with Gasteiger partial charge in [0.1, 0.15) is 11.6 Å². The number of benzene rings is 2. The monoisotopic (exact) mass is 478 g/mol. The van der Waals surface area contributed by atoms with Gasteiger partial charge in [-0.25, -0.2) is 14.4 Å². The molecule has 3 N–H and O–H groups in total. The minimum absolute atomic E-state index is 0.259. The summed E-state index contributed by atoms with van der Waals surface area (Å²) in [4.78, 5) is 9.25. The molecule has 0 spiro atoms. The van der Waals surface area contributed by atoms with Crippen LogP contribution in [0.2, 0.25) is 0 Å². The largest absolute Gasteiger partial charge is 0.369 e. The Labute approximate surface area is 168 Å². The fraction of sp³-hybridized carbons (Fsp3) is 0.158. The number of nitrogens with zero attached hydrogens (tertiary/aromatic N) is 2. The lowest BCUT2D eigenvalue weighted by Crippen LogP contribution is -2.10. The third kappa shape index (κ3) is 4.66. The second-order valence-corrected chi connectivity index (χ2v) is 7.44. The third-order valence-electron chi connectivity index (χ3n) is 3.70. The number of nitrogens with two attached hydrogens (primary N) is 1. The van der Waals surface area contributed by atoms with Crippen LogP contribution < -0.4 is 11.1 Å². The SMILES string of the molecule is NCCCNc1nc(C=Cc2ccc(F)cc2)nc2c(Br)cc(Br)cc12. The minimum Gasteiger partial charge on any atom is -0.369 e. The van der Waals surface area contributed by atoms with E-state index in [-0.39, 0.29) is 5.82 Å². The van der Waals surface area contributed by atoms with E-state index in [0.717, 1.165) is 44.2 Å². The Hall–Kier alpha value is -1.83. The highest BCUT2D eigenvalue weighted by Gasteiger charge is 2.10. The highest BCUT2D eigenvalue weighted by molar-refractivity contribution is 9.11. The molecule has 0 aliphatic rings. The van der Waals surface area contributed by atoms with Gasteiger partial charge in [0, 0.05) is 20.9 Å². The topological polar surface area (TPSA) is 63.8 Å². The van der Waals surface area contributed by atoms with Crippen LogP contribution >= 0.6 is 31.9 Å². The van der Waals surface area contributed by atoms with E-state index in [9.17, 15) is 4.39 Å². The normalized spacial score (nSPS) is 11.4. The van der Waals surface area contributed by atoms with Gasteiger partial charge in [0.05, 0.1) is 5.52 Å². The summed E-state index contributed by atoms with van der Waals surface area (Å²) in [5.74, 6) is 1.06. The molecule has 1 aromatic heterocycles. The summed E-state index contributed by atoms with van der Waals surface area (Å²) in [5.41, 5.74) is 7.27. The van der Waals surface area contributed by atoms with E-state index in [0.29, 0.717) is 12.4 Å². The lowest BCUT2D eigenvalue weighted by molar-refractivity contribution is 0.628. The van der Waals surface area contributed by atoms with E-state index in [1.54, 1.807) is 12.1 Å². The Balaban J connectivity index is 2.00. The van der Waals surface area contributed by atoms with Gasteiger partial charge in [-0.1, -0.05) is 34.1 Å². The van der Waals surface area contributed by atoms with Crippen molar-refractivity contribution in [3.05, 3.63) is 62.5 Å². The molecule has 0 bridgehead atoms. The van der Waals surface area contributed by atoms with Crippen molar-refractivity contribution in [2.24, 2.45) is 5.73 Å². The van der Waals surface area contributed by atoms with Crippen LogP contribution in [0.3, 0.4) is 0 Å². The lowest BCUT2D eigenvalue weighted by Gasteiger charge is -2.11. The molecule has 2 aromatic carbocycles. The zero-order chi connectivity index (χ0) is 18.5. The van der Waals surface area contributed by atoms with Crippen LogP contribution in [0.1, 0.15) is 17.8 Å².